The highest BCUT2D eigenvalue weighted by molar-refractivity contribution is 6.62. The lowest BCUT2D eigenvalue weighted by molar-refractivity contribution is -0.127. The molecule has 134 valence electrons. The highest BCUT2D eigenvalue weighted by Crippen LogP contribution is 2.36. The van der Waals surface area contributed by atoms with Crippen LogP contribution in [0.1, 0.15) is 50.9 Å². The molecule has 1 aromatic rings. The Morgan fingerprint density at radius 3 is 2.40 bits per heavy atom. The number of hydrogen-bond acceptors (Lipinski definition) is 4. The summed E-state index contributed by atoms with van der Waals surface area (Å²) in [6.45, 7) is 8.18. The molecule has 2 heterocycles. The zero-order chi connectivity index (χ0) is 18.4. The molecule has 0 unspecified atom stereocenters. The first kappa shape index (κ1) is 18.1. The number of carbonyl (C=O) groups is 2. The van der Waals surface area contributed by atoms with Gasteiger partial charge < -0.3 is 14.2 Å². The maximum Gasteiger partial charge on any atom is 0.494 e. The van der Waals surface area contributed by atoms with Crippen LogP contribution in [-0.4, -0.2) is 48.0 Å². The van der Waals surface area contributed by atoms with Crippen molar-refractivity contribution in [2.45, 2.75) is 51.7 Å². The molecule has 2 saturated heterocycles. The van der Waals surface area contributed by atoms with E-state index in [1.54, 1.807) is 6.07 Å². The van der Waals surface area contributed by atoms with Gasteiger partial charge in [-0.15, -0.1) is 0 Å². The normalized spacial score (nSPS) is 21.9. The summed E-state index contributed by atoms with van der Waals surface area (Å²) in [5.41, 5.74) is -0.512. The van der Waals surface area contributed by atoms with Crippen LogP contribution in [0.25, 0.3) is 0 Å². The van der Waals surface area contributed by atoms with Crippen molar-refractivity contribution in [3.8, 4) is 0 Å². The molecule has 0 aromatic heterocycles. The molecule has 0 N–H and O–H groups in total. The monoisotopic (exact) mass is 347 g/mol. The van der Waals surface area contributed by atoms with Gasteiger partial charge in [-0.3, -0.25) is 9.59 Å². The summed E-state index contributed by atoms with van der Waals surface area (Å²) in [6.07, 6.45) is 1.20. The number of amides is 1. The molecular formula is C18H23BFNO4. The molecule has 2 aliphatic rings. The SMILES string of the molecule is CC1(C)OB(c2ccc(C(=O)CN3CCCC3=O)c(F)c2)OC1(C)C. The van der Waals surface area contributed by atoms with Crippen LogP contribution in [0, 0.1) is 5.82 Å². The fourth-order valence-electron chi connectivity index (χ4n) is 3.01. The number of likely N-dealkylation sites (tertiary alicyclic amines) is 1. The van der Waals surface area contributed by atoms with Gasteiger partial charge in [-0.25, -0.2) is 4.39 Å². The van der Waals surface area contributed by atoms with Crippen molar-refractivity contribution in [1.29, 1.82) is 0 Å². The maximum atomic E-state index is 14.5. The number of ketones is 1. The average molecular weight is 347 g/mol. The molecule has 0 aliphatic carbocycles. The molecule has 25 heavy (non-hydrogen) atoms. The van der Waals surface area contributed by atoms with Gasteiger partial charge in [0.2, 0.25) is 5.91 Å². The van der Waals surface area contributed by atoms with E-state index in [0.717, 1.165) is 6.42 Å². The topological polar surface area (TPSA) is 55.8 Å². The largest absolute Gasteiger partial charge is 0.494 e. The lowest BCUT2D eigenvalue weighted by Crippen LogP contribution is -2.41. The Hall–Kier alpha value is -1.73. The van der Waals surface area contributed by atoms with Gasteiger partial charge >= 0.3 is 7.12 Å². The summed E-state index contributed by atoms with van der Waals surface area (Å²) < 4.78 is 26.3. The number of rotatable bonds is 4. The zero-order valence-electron chi connectivity index (χ0n) is 15.1. The van der Waals surface area contributed by atoms with E-state index in [1.807, 2.05) is 27.7 Å². The molecule has 2 fully saturated rings. The number of hydrogen-bond donors (Lipinski definition) is 0. The van der Waals surface area contributed by atoms with Gasteiger partial charge in [0.25, 0.3) is 0 Å². The van der Waals surface area contributed by atoms with Crippen molar-refractivity contribution in [3.63, 3.8) is 0 Å². The molecule has 2 aliphatic heterocycles. The molecule has 0 radical (unpaired) electrons. The molecule has 0 bridgehead atoms. The fraction of sp³-hybridized carbons (Fsp3) is 0.556. The molecule has 0 spiro atoms. The van der Waals surface area contributed by atoms with E-state index in [0.29, 0.717) is 18.4 Å². The summed E-state index contributed by atoms with van der Waals surface area (Å²) in [6, 6.07) is 4.37. The Morgan fingerprint density at radius 1 is 1.24 bits per heavy atom. The Morgan fingerprint density at radius 2 is 1.88 bits per heavy atom. The van der Waals surface area contributed by atoms with E-state index in [9.17, 15) is 14.0 Å². The third-order valence-corrected chi connectivity index (χ3v) is 5.32. The van der Waals surface area contributed by atoms with Crippen LogP contribution in [0.2, 0.25) is 0 Å². The molecule has 5 nitrogen and oxygen atoms in total. The van der Waals surface area contributed by atoms with E-state index in [2.05, 4.69) is 0 Å². The van der Waals surface area contributed by atoms with Crippen molar-refractivity contribution in [1.82, 2.24) is 4.90 Å². The predicted octanol–water partition coefficient (Wildman–Crippen LogP) is 1.93. The van der Waals surface area contributed by atoms with Gasteiger partial charge in [0.05, 0.1) is 23.3 Å². The molecular weight excluding hydrogens is 324 g/mol. The van der Waals surface area contributed by atoms with Gasteiger partial charge in [0, 0.05) is 13.0 Å². The number of carbonyl (C=O) groups excluding carboxylic acids is 2. The van der Waals surface area contributed by atoms with Crippen LogP contribution in [0.3, 0.4) is 0 Å². The van der Waals surface area contributed by atoms with Crippen LogP contribution in [0.5, 0.6) is 0 Å². The maximum absolute atomic E-state index is 14.5. The van der Waals surface area contributed by atoms with Gasteiger partial charge in [-0.1, -0.05) is 6.07 Å². The standard InChI is InChI=1S/C18H23BFNO4/c1-17(2)18(3,4)25-19(24-17)12-7-8-13(14(20)10-12)15(22)11-21-9-5-6-16(21)23/h7-8,10H,5-6,9,11H2,1-4H3. The van der Waals surface area contributed by atoms with Crippen molar-refractivity contribution in [3.05, 3.63) is 29.6 Å². The van der Waals surface area contributed by atoms with Crippen molar-refractivity contribution in [2.24, 2.45) is 0 Å². The van der Waals surface area contributed by atoms with E-state index in [4.69, 9.17) is 9.31 Å². The Labute approximate surface area is 147 Å². The van der Waals surface area contributed by atoms with E-state index in [1.165, 1.54) is 17.0 Å². The molecule has 0 atom stereocenters. The molecule has 7 heteroatoms. The van der Waals surface area contributed by atoms with Crippen LogP contribution < -0.4 is 5.46 Å². The second-order valence-corrected chi connectivity index (χ2v) is 7.67. The van der Waals surface area contributed by atoms with Crippen LogP contribution in [0.4, 0.5) is 4.39 Å². The molecule has 1 amide bonds. The molecule has 1 aromatic carbocycles. The van der Waals surface area contributed by atoms with Crippen LogP contribution >= 0.6 is 0 Å². The summed E-state index contributed by atoms with van der Waals surface area (Å²) in [7, 11) is -0.677. The third kappa shape index (κ3) is 3.35. The zero-order valence-corrected chi connectivity index (χ0v) is 15.1. The predicted molar refractivity (Wildman–Crippen MR) is 92.3 cm³/mol. The highest BCUT2D eigenvalue weighted by atomic mass is 19.1. The van der Waals surface area contributed by atoms with E-state index < -0.39 is 29.9 Å². The fourth-order valence-corrected chi connectivity index (χ4v) is 3.01. The quantitative estimate of drug-likeness (QED) is 0.617. The molecule has 0 saturated carbocycles. The van der Waals surface area contributed by atoms with Crippen LogP contribution in [-0.2, 0) is 14.1 Å². The van der Waals surface area contributed by atoms with Crippen molar-refractivity contribution < 1.29 is 23.3 Å². The van der Waals surface area contributed by atoms with Crippen molar-refractivity contribution >= 4 is 24.3 Å². The van der Waals surface area contributed by atoms with E-state index >= 15 is 0 Å². The minimum absolute atomic E-state index is 0.0139. The Balaban J connectivity index is 1.75. The summed E-state index contributed by atoms with van der Waals surface area (Å²) in [5, 5.41) is 0. The first-order valence-electron chi connectivity index (χ1n) is 8.57. The molecule has 3 rings (SSSR count). The lowest BCUT2D eigenvalue weighted by atomic mass is 9.78. The summed E-state index contributed by atoms with van der Waals surface area (Å²) in [5.74, 6) is -1.07. The highest BCUT2D eigenvalue weighted by Gasteiger charge is 2.51. The van der Waals surface area contributed by atoms with Gasteiger partial charge in [0.1, 0.15) is 5.82 Å². The smallest absolute Gasteiger partial charge is 0.399 e. The van der Waals surface area contributed by atoms with Crippen LogP contribution in [0.15, 0.2) is 18.2 Å². The number of Topliss-reactive ketones (excluding diaryl/α,β-unsaturated/α-hetero) is 1. The minimum Gasteiger partial charge on any atom is -0.399 e. The second-order valence-electron chi connectivity index (χ2n) is 7.67. The summed E-state index contributed by atoms with van der Waals surface area (Å²) in [4.78, 5) is 25.4. The third-order valence-electron chi connectivity index (χ3n) is 5.32. The Kier molecular flexibility index (Phi) is 4.49. The second kappa shape index (κ2) is 6.22. The number of nitrogens with zero attached hydrogens (tertiary/aromatic N) is 1. The minimum atomic E-state index is -0.677. The van der Waals surface area contributed by atoms with Crippen molar-refractivity contribution in [2.75, 3.05) is 13.1 Å². The van der Waals surface area contributed by atoms with Gasteiger partial charge in [-0.2, -0.15) is 0 Å². The van der Waals surface area contributed by atoms with Gasteiger partial charge in [-0.05, 0) is 51.7 Å². The number of benzene rings is 1. The first-order valence-corrected chi connectivity index (χ1v) is 8.57. The van der Waals surface area contributed by atoms with Gasteiger partial charge in [0.15, 0.2) is 5.78 Å². The number of halogens is 1. The Bertz CT molecular complexity index is 703. The first-order chi connectivity index (χ1) is 11.6. The lowest BCUT2D eigenvalue weighted by Gasteiger charge is -2.32. The average Bonchev–Trinajstić information content (AvgIpc) is 2.99. The summed E-state index contributed by atoms with van der Waals surface area (Å²) >= 11 is 0. The van der Waals surface area contributed by atoms with E-state index in [-0.39, 0.29) is 18.0 Å².